The van der Waals surface area contributed by atoms with Gasteiger partial charge in [-0.15, -0.1) is 10.2 Å². The van der Waals surface area contributed by atoms with E-state index in [0.29, 0.717) is 0 Å². The monoisotopic (exact) mass is 278 g/mol. The predicted octanol–water partition coefficient (Wildman–Crippen LogP) is 2.97. The molecule has 0 unspecified atom stereocenters. The largest absolute Gasteiger partial charge is 0.357 e. The first kappa shape index (κ1) is 11.9. The van der Waals surface area contributed by atoms with Gasteiger partial charge in [-0.25, -0.2) is 0 Å². The molecular weight excluding hydrogens is 264 g/mol. The van der Waals surface area contributed by atoms with Crippen molar-refractivity contribution in [1.82, 2.24) is 24.6 Å². The molecule has 0 atom stereocenters. The van der Waals surface area contributed by atoms with Crippen molar-refractivity contribution < 1.29 is 0 Å². The zero-order valence-corrected chi connectivity index (χ0v) is 11.8. The molecule has 0 aliphatic heterocycles. The molecule has 2 N–H and O–H groups in total. The summed E-state index contributed by atoms with van der Waals surface area (Å²) in [6.07, 6.45) is 3.53. The highest BCUT2D eigenvalue weighted by atomic mass is 15.3. The van der Waals surface area contributed by atoms with Crippen molar-refractivity contribution in [2.24, 2.45) is 0 Å². The van der Waals surface area contributed by atoms with Gasteiger partial charge in [0.2, 0.25) is 0 Å². The lowest BCUT2D eigenvalue weighted by Gasteiger charge is -2.08. The van der Waals surface area contributed by atoms with E-state index in [-0.39, 0.29) is 0 Å². The quantitative estimate of drug-likeness (QED) is 0.591. The molecule has 6 heteroatoms. The van der Waals surface area contributed by atoms with E-state index in [2.05, 4.69) is 42.0 Å². The third-order valence-corrected chi connectivity index (χ3v) is 3.50. The number of hydrogen-bond acceptors (Lipinski definition) is 4. The van der Waals surface area contributed by atoms with Crippen LogP contribution in [0, 0.1) is 13.8 Å². The van der Waals surface area contributed by atoms with Gasteiger partial charge in [0.25, 0.3) is 0 Å². The Bertz CT molecular complexity index is 935. The highest BCUT2D eigenvalue weighted by Gasteiger charge is 2.13. The maximum absolute atomic E-state index is 4.29. The maximum Gasteiger partial charge on any atom is 0.185 e. The average Bonchev–Trinajstić information content (AvgIpc) is 3.03. The smallest absolute Gasteiger partial charge is 0.185 e. The highest BCUT2D eigenvalue weighted by molar-refractivity contribution is 5.89. The summed E-state index contributed by atoms with van der Waals surface area (Å²) in [7, 11) is 0. The van der Waals surface area contributed by atoms with E-state index < -0.39 is 0 Å². The molecule has 104 valence electrons. The molecule has 0 radical (unpaired) electrons. The standard InChI is InChI=1S/C15H14N6/c1-9-6-14-12(17-9)7-13(15-20-19-10(2)21(14)15)18-11-4-3-5-16-8-11/h3-8,17-18H,1-2H3. The second-order valence-corrected chi connectivity index (χ2v) is 5.08. The van der Waals surface area contributed by atoms with E-state index in [1.165, 1.54) is 0 Å². The molecule has 0 saturated carbocycles. The lowest BCUT2D eigenvalue weighted by molar-refractivity contribution is 1.02. The summed E-state index contributed by atoms with van der Waals surface area (Å²) in [4.78, 5) is 7.48. The van der Waals surface area contributed by atoms with Gasteiger partial charge < -0.3 is 10.3 Å². The van der Waals surface area contributed by atoms with Crippen molar-refractivity contribution >= 4 is 28.1 Å². The second-order valence-electron chi connectivity index (χ2n) is 5.08. The Balaban J connectivity index is 1.98. The van der Waals surface area contributed by atoms with Crippen LogP contribution >= 0.6 is 0 Å². The minimum atomic E-state index is 0.808. The zero-order valence-electron chi connectivity index (χ0n) is 11.8. The molecule has 0 aromatic carbocycles. The summed E-state index contributed by atoms with van der Waals surface area (Å²) < 4.78 is 2.05. The van der Waals surface area contributed by atoms with Crippen LogP contribution in [0.1, 0.15) is 11.5 Å². The molecule has 0 fully saturated rings. The van der Waals surface area contributed by atoms with Gasteiger partial charge in [-0.05, 0) is 38.1 Å². The van der Waals surface area contributed by atoms with Crippen LogP contribution in [0.4, 0.5) is 11.4 Å². The Kier molecular flexibility index (Phi) is 2.44. The van der Waals surface area contributed by atoms with E-state index in [1.807, 2.05) is 26.0 Å². The van der Waals surface area contributed by atoms with E-state index in [9.17, 15) is 0 Å². The van der Waals surface area contributed by atoms with Crippen LogP contribution in [-0.2, 0) is 0 Å². The molecule has 4 rings (SSSR count). The molecule has 4 aromatic rings. The van der Waals surface area contributed by atoms with Gasteiger partial charge in [-0.2, -0.15) is 0 Å². The predicted molar refractivity (Wildman–Crippen MR) is 81.8 cm³/mol. The molecule has 4 aromatic heterocycles. The fourth-order valence-corrected chi connectivity index (χ4v) is 2.61. The van der Waals surface area contributed by atoms with Crippen molar-refractivity contribution in [3.8, 4) is 0 Å². The minimum absolute atomic E-state index is 0.808. The Morgan fingerprint density at radius 2 is 2.10 bits per heavy atom. The van der Waals surface area contributed by atoms with E-state index in [0.717, 1.165) is 39.6 Å². The molecule has 0 amide bonds. The van der Waals surface area contributed by atoms with Crippen molar-refractivity contribution in [3.63, 3.8) is 0 Å². The Labute approximate surface area is 120 Å². The third kappa shape index (κ3) is 1.84. The number of aromatic nitrogens is 5. The van der Waals surface area contributed by atoms with E-state index in [4.69, 9.17) is 0 Å². The minimum Gasteiger partial charge on any atom is -0.357 e. The Hall–Kier alpha value is -2.89. The van der Waals surface area contributed by atoms with Gasteiger partial charge in [0, 0.05) is 11.9 Å². The summed E-state index contributed by atoms with van der Waals surface area (Å²) in [5.41, 5.74) is 5.87. The number of anilines is 2. The number of rotatable bonds is 2. The molecule has 0 aliphatic carbocycles. The average molecular weight is 278 g/mol. The fourth-order valence-electron chi connectivity index (χ4n) is 2.61. The van der Waals surface area contributed by atoms with Crippen LogP contribution < -0.4 is 5.32 Å². The Morgan fingerprint density at radius 1 is 1.19 bits per heavy atom. The molecule has 0 aliphatic rings. The molecule has 0 saturated heterocycles. The summed E-state index contributed by atoms with van der Waals surface area (Å²) in [6.45, 7) is 4.00. The molecule has 4 heterocycles. The third-order valence-electron chi connectivity index (χ3n) is 3.50. The molecule has 6 nitrogen and oxygen atoms in total. The first-order chi connectivity index (χ1) is 10.2. The van der Waals surface area contributed by atoms with Crippen molar-refractivity contribution in [3.05, 3.63) is 48.2 Å². The number of hydrogen-bond donors (Lipinski definition) is 2. The van der Waals surface area contributed by atoms with Crippen molar-refractivity contribution in [2.45, 2.75) is 13.8 Å². The van der Waals surface area contributed by atoms with Gasteiger partial charge in [0.05, 0.1) is 28.6 Å². The van der Waals surface area contributed by atoms with E-state index in [1.54, 1.807) is 12.4 Å². The van der Waals surface area contributed by atoms with Gasteiger partial charge in [-0.1, -0.05) is 0 Å². The lowest BCUT2D eigenvalue weighted by Crippen LogP contribution is -1.97. The van der Waals surface area contributed by atoms with Gasteiger partial charge in [0.15, 0.2) is 5.65 Å². The van der Waals surface area contributed by atoms with Crippen molar-refractivity contribution in [1.29, 1.82) is 0 Å². The molecule has 21 heavy (non-hydrogen) atoms. The number of fused-ring (bicyclic) bond motifs is 3. The lowest BCUT2D eigenvalue weighted by atomic mass is 10.3. The van der Waals surface area contributed by atoms with Gasteiger partial charge >= 0.3 is 0 Å². The number of pyridine rings is 2. The zero-order chi connectivity index (χ0) is 14.4. The number of aromatic amines is 1. The summed E-state index contributed by atoms with van der Waals surface area (Å²) >= 11 is 0. The number of aryl methyl sites for hydroxylation is 2. The highest BCUT2D eigenvalue weighted by Crippen LogP contribution is 2.27. The summed E-state index contributed by atoms with van der Waals surface area (Å²) in [5, 5.41) is 11.8. The molecule has 0 bridgehead atoms. The summed E-state index contributed by atoms with van der Waals surface area (Å²) in [5.74, 6) is 0.865. The van der Waals surface area contributed by atoms with Crippen LogP contribution in [0.25, 0.3) is 16.7 Å². The topological polar surface area (TPSA) is 70.9 Å². The van der Waals surface area contributed by atoms with Crippen LogP contribution in [-0.4, -0.2) is 24.6 Å². The van der Waals surface area contributed by atoms with Crippen molar-refractivity contribution in [2.75, 3.05) is 5.32 Å². The van der Waals surface area contributed by atoms with Crippen LogP contribution in [0.15, 0.2) is 36.7 Å². The van der Waals surface area contributed by atoms with Gasteiger partial charge in [0.1, 0.15) is 5.82 Å². The second kappa shape index (κ2) is 4.31. The molecule has 0 spiro atoms. The number of nitrogens with zero attached hydrogens (tertiary/aromatic N) is 4. The number of H-pyrrole nitrogens is 1. The SMILES string of the molecule is Cc1cc2c(cc(Nc3cccnc3)c3nnc(C)n32)[nH]1. The first-order valence-electron chi connectivity index (χ1n) is 6.73. The fraction of sp³-hybridized carbons (Fsp3) is 0.133. The van der Waals surface area contributed by atoms with E-state index >= 15 is 0 Å². The normalized spacial score (nSPS) is 11.3. The Morgan fingerprint density at radius 3 is 2.90 bits per heavy atom. The number of nitrogens with one attached hydrogen (secondary N) is 2. The van der Waals surface area contributed by atoms with Crippen LogP contribution in [0.2, 0.25) is 0 Å². The molecular formula is C15H14N6. The van der Waals surface area contributed by atoms with Gasteiger partial charge in [-0.3, -0.25) is 9.38 Å². The maximum atomic E-state index is 4.29. The van der Waals surface area contributed by atoms with Crippen LogP contribution in [0.5, 0.6) is 0 Å². The summed E-state index contributed by atoms with van der Waals surface area (Å²) in [6, 6.07) is 8.02. The first-order valence-corrected chi connectivity index (χ1v) is 6.73. The van der Waals surface area contributed by atoms with Crippen LogP contribution in [0.3, 0.4) is 0 Å².